The van der Waals surface area contributed by atoms with Gasteiger partial charge in [-0.05, 0) is 44.0 Å². The number of nitrogens with zero attached hydrogens (tertiary/aromatic N) is 1. The molecule has 108 valence electrons. The van der Waals surface area contributed by atoms with E-state index in [1.54, 1.807) is 18.3 Å². The highest BCUT2D eigenvalue weighted by Crippen LogP contribution is 2.23. The number of sulfonamides is 1. The number of aryl methyl sites for hydroxylation is 2. The van der Waals surface area contributed by atoms with Crippen molar-refractivity contribution in [2.45, 2.75) is 32.2 Å². The smallest absolute Gasteiger partial charge is 0.238 e. The summed E-state index contributed by atoms with van der Waals surface area (Å²) in [6.07, 6.45) is 1.74. The largest absolute Gasteiger partial charge is 0.379 e. The molecule has 20 heavy (non-hydrogen) atoms. The lowest BCUT2D eigenvalue weighted by Gasteiger charge is -2.13. The van der Waals surface area contributed by atoms with E-state index >= 15 is 0 Å². The first-order valence-electron chi connectivity index (χ1n) is 6.16. The van der Waals surface area contributed by atoms with Gasteiger partial charge in [-0.15, -0.1) is 0 Å². The molecule has 0 radical (unpaired) electrons. The summed E-state index contributed by atoms with van der Waals surface area (Å²) in [5, 5.41) is 8.39. The third-order valence-corrected chi connectivity index (χ3v) is 4.09. The molecule has 0 amide bonds. The van der Waals surface area contributed by atoms with Gasteiger partial charge in [-0.1, -0.05) is 0 Å². The molecule has 0 atom stereocenters. The summed E-state index contributed by atoms with van der Waals surface area (Å²) in [6, 6.07) is 3.14. The highest BCUT2D eigenvalue weighted by molar-refractivity contribution is 7.89. The van der Waals surface area contributed by atoms with Crippen molar-refractivity contribution in [1.29, 1.82) is 0 Å². The van der Waals surface area contributed by atoms with Gasteiger partial charge in [0, 0.05) is 5.69 Å². The first kappa shape index (κ1) is 14.5. The van der Waals surface area contributed by atoms with Crippen LogP contribution in [0.5, 0.6) is 0 Å². The lowest BCUT2D eigenvalue weighted by atomic mass is 10.1. The third kappa shape index (κ3) is 3.17. The van der Waals surface area contributed by atoms with E-state index in [1.807, 2.05) is 20.8 Å². The first-order chi connectivity index (χ1) is 9.27. The predicted molar refractivity (Wildman–Crippen MR) is 77.9 cm³/mol. The minimum Gasteiger partial charge on any atom is -0.379 e. The summed E-state index contributed by atoms with van der Waals surface area (Å²) in [7, 11) is -3.70. The molecule has 2 aromatic rings. The quantitative estimate of drug-likeness (QED) is 0.797. The van der Waals surface area contributed by atoms with E-state index in [0.717, 1.165) is 28.3 Å². The zero-order chi connectivity index (χ0) is 14.9. The second-order valence-electron chi connectivity index (χ2n) is 4.81. The van der Waals surface area contributed by atoms with E-state index in [0.29, 0.717) is 6.54 Å². The van der Waals surface area contributed by atoms with Crippen molar-refractivity contribution in [2.75, 3.05) is 5.32 Å². The van der Waals surface area contributed by atoms with Crippen molar-refractivity contribution < 1.29 is 8.42 Å². The van der Waals surface area contributed by atoms with Crippen LogP contribution in [0.15, 0.2) is 23.2 Å². The number of hydrogen-bond donors (Lipinski definition) is 3. The zero-order valence-electron chi connectivity index (χ0n) is 11.7. The molecule has 1 aromatic heterocycles. The molecule has 0 saturated heterocycles. The molecule has 0 spiro atoms. The van der Waals surface area contributed by atoms with Gasteiger partial charge in [0.1, 0.15) is 5.82 Å². The number of hydrogen-bond acceptors (Lipinski definition) is 4. The number of primary sulfonamides is 1. The van der Waals surface area contributed by atoms with Crippen molar-refractivity contribution in [3.05, 3.63) is 41.0 Å². The van der Waals surface area contributed by atoms with Crippen LogP contribution in [0.3, 0.4) is 0 Å². The maximum absolute atomic E-state index is 11.5. The minimum absolute atomic E-state index is 0.115. The summed E-state index contributed by atoms with van der Waals surface area (Å²) >= 11 is 0. The van der Waals surface area contributed by atoms with E-state index in [9.17, 15) is 8.42 Å². The molecule has 0 saturated carbocycles. The molecule has 4 N–H and O–H groups in total. The molecule has 2 rings (SSSR count). The fraction of sp³-hybridized carbons (Fsp3) is 0.308. The van der Waals surface area contributed by atoms with Crippen molar-refractivity contribution in [3.63, 3.8) is 0 Å². The number of imidazole rings is 1. The molecule has 0 aliphatic heterocycles. The van der Waals surface area contributed by atoms with Gasteiger partial charge in [0.25, 0.3) is 0 Å². The molecule has 0 aliphatic carbocycles. The molecule has 1 aromatic carbocycles. The summed E-state index contributed by atoms with van der Waals surface area (Å²) < 4.78 is 22.9. The SMILES string of the molecule is Cc1ncc(CNc2cc(S(N)(=O)=O)cc(C)c2C)[nH]1. The van der Waals surface area contributed by atoms with Gasteiger partial charge < -0.3 is 10.3 Å². The van der Waals surface area contributed by atoms with E-state index in [4.69, 9.17) is 5.14 Å². The third-order valence-electron chi connectivity index (χ3n) is 3.19. The maximum atomic E-state index is 11.5. The van der Waals surface area contributed by atoms with Crippen LogP contribution in [0.1, 0.15) is 22.6 Å². The average molecular weight is 294 g/mol. The standard InChI is InChI=1S/C13H18N4O2S/c1-8-4-12(20(14,18)19)5-13(9(8)2)16-7-11-6-15-10(3)17-11/h4-6,16H,7H2,1-3H3,(H,15,17)(H2,14,18,19). The highest BCUT2D eigenvalue weighted by atomic mass is 32.2. The number of aromatic nitrogens is 2. The van der Waals surface area contributed by atoms with Crippen molar-refractivity contribution in [1.82, 2.24) is 9.97 Å². The van der Waals surface area contributed by atoms with Crippen LogP contribution in [-0.2, 0) is 16.6 Å². The molecule has 7 heteroatoms. The van der Waals surface area contributed by atoms with Crippen LogP contribution in [0.25, 0.3) is 0 Å². The van der Waals surface area contributed by atoms with Crippen LogP contribution in [0, 0.1) is 20.8 Å². The number of benzene rings is 1. The van der Waals surface area contributed by atoms with E-state index in [2.05, 4.69) is 15.3 Å². The van der Waals surface area contributed by atoms with E-state index in [-0.39, 0.29) is 4.90 Å². The molecule has 0 fully saturated rings. The topological polar surface area (TPSA) is 101 Å². The van der Waals surface area contributed by atoms with Gasteiger partial charge in [-0.3, -0.25) is 0 Å². The maximum Gasteiger partial charge on any atom is 0.238 e. The summed E-state index contributed by atoms with van der Waals surface area (Å²) in [6.45, 7) is 6.20. The number of rotatable bonds is 4. The van der Waals surface area contributed by atoms with Crippen molar-refractivity contribution >= 4 is 15.7 Å². The Morgan fingerprint density at radius 2 is 2.00 bits per heavy atom. The van der Waals surface area contributed by atoms with Crippen molar-refractivity contribution in [3.8, 4) is 0 Å². The van der Waals surface area contributed by atoms with Crippen LogP contribution >= 0.6 is 0 Å². The highest BCUT2D eigenvalue weighted by Gasteiger charge is 2.12. The van der Waals surface area contributed by atoms with Crippen LogP contribution in [0.4, 0.5) is 5.69 Å². The molecule has 0 aliphatic rings. The predicted octanol–water partition coefficient (Wildman–Crippen LogP) is 1.59. The average Bonchev–Trinajstić information content (AvgIpc) is 2.75. The molecule has 0 bridgehead atoms. The number of aromatic amines is 1. The normalized spacial score (nSPS) is 11.6. The van der Waals surface area contributed by atoms with Gasteiger partial charge in [0.05, 0.1) is 23.3 Å². The molecular weight excluding hydrogens is 276 g/mol. The Bertz CT molecular complexity index is 735. The number of H-pyrrole nitrogens is 1. The van der Waals surface area contributed by atoms with Crippen LogP contribution in [0.2, 0.25) is 0 Å². The first-order valence-corrected chi connectivity index (χ1v) is 7.70. The number of nitrogens with two attached hydrogens (primary N) is 1. The van der Waals surface area contributed by atoms with Gasteiger partial charge >= 0.3 is 0 Å². The Kier molecular flexibility index (Phi) is 3.82. The molecule has 0 unspecified atom stereocenters. The van der Waals surface area contributed by atoms with Crippen molar-refractivity contribution in [2.24, 2.45) is 5.14 Å². The van der Waals surface area contributed by atoms with Crippen LogP contribution in [-0.4, -0.2) is 18.4 Å². The summed E-state index contributed by atoms with van der Waals surface area (Å²) in [4.78, 5) is 7.34. The zero-order valence-corrected chi connectivity index (χ0v) is 12.5. The number of nitrogens with one attached hydrogen (secondary N) is 2. The second kappa shape index (κ2) is 5.26. The molecule has 6 nitrogen and oxygen atoms in total. The fourth-order valence-electron chi connectivity index (χ4n) is 1.93. The van der Waals surface area contributed by atoms with E-state index in [1.165, 1.54) is 0 Å². The van der Waals surface area contributed by atoms with Gasteiger partial charge in [0.2, 0.25) is 10.0 Å². The second-order valence-corrected chi connectivity index (χ2v) is 6.37. The number of anilines is 1. The van der Waals surface area contributed by atoms with Gasteiger partial charge in [-0.25, -0.2) is 18.5 Å². The summed E-state index contributed by atoms with van der Waals surface area (Å²) in [5.41, 5.74) is 3.55. The summed E-state index contributed by atoms with van der Waals surface area (Å²) in [5.74, 6) is 0.841. The Morgan fingerprint density at radius 1 is 1.30 bits per heavy atom. The Balaban J connectivity index is 2.29. The van der Waals surface area contributed by atoms with Crippen LogP contribution < -0.4 is 10.5 Å². The van der Waals surface area contributed by atoms with Gasteiger partial charge in [0.15, 0.2) is 0 Å². The fourth-order valence-corrected chi connectivity index (χ4v) is 2.55. The Hall–Kier alpha value is -1.86. The Labute approximate surface area is 118 Å². The molecular formula is C13H18N4O2S. The lowest BCUT2D eigenvalue weighted by molar-refractivity contribution is 0.597. The Morgan fingerprint density at radius 3 is 2.55 bits per heavy atom. The molecule has 1 heterocycles. The monoisotopic (exact) mass is 294 g/mol. The van der Waals surface area contributed by atoms with E-state index < -0.39 is 10.0 Å². The minimum atomic E-state index is -3.70. The lowest BCUT2D eigenvalue weighted by Crippen LogP contribution is -2.13. The van der Waals surface area contributed by atoms with Gasteiger partial charge in [-0.2, -0.15) is 0 Å².